The highest BCUT2D eigenvalue weighted by Gasteiger charge is 2.29. The molecule has 0 amide bonds. The van der Waals surface area contributed by atoms with E-state index in [1.807, 2.05) is 13.1 Å². The molecule has 1 aliphatic rings. The molecule has 0 radical (unpaired) electrons. The van der Waals surface area contributed by atoms with Crippen LogP contribution in [0, 0.1) is 6.92 Å². The van der Waals surface area contributed by atoms with E-state index in [2.05, 4.69) is 15.0 Å². The third kappa shape index (κ3) is 1.58. The number of aryl methyl sites for hydroxylation is 1. The molecule has 0 spiro atoms. The molecule has 0 unspecified atom stereocenters. The number of nitrogens with zero attached hydrogens (tertiary/aromatic N) is 2. The second-order valence-corrected chi connectivity index (χ2v) is 4.39. The highest BCUT2D eigenvalue weighted by molar-refractivity contribution is 6.02. The largest absolute Gasteiger partial charge is 0.464 e. The van der Waals surface area contributed by atoms with Gasteiger partial charge in [0, 0.05) is 12.1 Å². The van der Waals surface area contributed by atoms with Crippen LogP contribution < -0.4 is 0 Å². The third-order valence-electron chi connectivity index (χ3n) is 3.07. The van der Waals surface area contributed by atoms with Gasteiger partial charge in [-0.15, -0.1) is 0 Å². The molecule has 2 heterocycles. The lowest BCUT2D eigenvalue weighted by Gasteiger charge is -2.04. The highest BCUT2D eigenvalue weighted by atomic mass is 16.5. The summed E-state index contributed by atoms with van der Waals surface area (Å²) in [4.78, 5) is 23.6. The second-order valence-electron chi connectivity index (χ2n) is 4.39. The molecule has 3 rings (SSSR count). The van der Waals surface area contributed by atoms with Crippen molar-refractivity contribution in [2.45, 2.75) is 25.7 Å². The number of methoxy groups -OCH3 is 1. The van der Waals surface area contributed by atoms with Crippen molar-refractivity contribution in [2.75, 3.05) is 7.11 Å². The predicted molar refractivity (Wildman–Crippen MR) is 61.9 cm³/mol. The average Bonchev–Trinajstić information content (AvgIpc) is 3.13. The zero-order chi connectivity index (χ0) is 12.0. The molecule has 0 bridgehead atoms. The summed E-state index contributed by atoms with van der Waals surface area (Å²) in [5.74, 6) is 0.758. The van der Waals surface area contributed by atoms with Gasteiger partial charge in [-0.25, -0.2) is 14.8 Å². The smallest absolute Gasteiger partial charge is 0.357 e. The molecule has 5 nitrogen and oxygen atoms in total. The van der Waals surface area contributed by atoms with Crippen molar-refractivity contribution < 1.29 is 9.53 Å². The number of hydrogen-bond donors (Lipinski definition) is 1. The summed E-state index contributed by atoms with van der Waals surface area (Å²) in [6.07, 6.45) is 4.04. The van der Waals surface area contributed by atoms with E-state index in [0.29, 0.717) is 11.6 Å². The first-order valence-corrected chi connectivity index (χ1v) is 5.64. The minimum atomic E-state index is -0.401. The van der Waals surface area contributed by atoms with Crippen molar-refractivity contribution in [1.82, 2.24) is 15.0 Å². The fourth-order valence-corrected chi connectivity index (χ4v) is 1.97. The maximum atomic E-state index is 11.7. The van der Waals surface area contributed by atoms with Gasteiger partial charge in [-0.05, 0) is 25.3 Å². The lowest BCUT2D eigenvalue weighted by molar-refractivity contribution is 0.0596. The van der Waals surface area contributed by atoms with E-state index < -0.39 is 5.97 Å². The van der Waals surface area contributed by atoms with E-state index >= 15 is 0 Å². The Morgan fingerprint density at radius 3 is 2.88 bits per heavy atom. The molecule has 1 fully saturated rings. The van der Waals surface area contributed by atoms with Gasteiger partial charge in [0.1, 0.15) is 11.5 Å². The van der Waals surface area contributed by atoms with E-state index in [0.717, 1.165) is 35.3 Å². The summed E-state index contributed by atoms with van der Waals surface area (Å²) in [6, 6.07) is 0. The molecule has 2 aromatic rings. The quantitative estimate of drug-likeness (QED) is 0.802. The Hall–Kier alpha value is -1.91. The molecule has 0 aromatic carbocycles. The lowest BCUT2D eigenvalue weighted by atomic mass is 10.2. The van der Waals surface area contributed by atoms with E-state index in [1.165, 1.54) is 7.11 Å². The van der Waals surface area contributed by atoms with Crippen molar-refractivity contribution in [2.24, 2.45) is 0 Å². The number of rotatable bonds is 2. The summed E-state index contributed by atoms with van der Waals surface area (Å²) in [6.45, 7) is 1.92. The Morgan fingerprint density at radius 1 is 1.47 bits per heavy atom. The number of carbonyl (C=O) groups excluding carboxylic acids is 1. The molecule has 0 aliphatic heterocycles. The van der Waals surface area contributed by atoms with Gasteiger partial charge < -0.3 is 9.72 Å². The summed E-state index contributed by atoms with van der Waals surface area (Å²) < 4.78 is 4.78. The number of aromatic amines is 1. The van der Waals surface area contributed by atoms with E-state index in [1.54, 1.807) is 0 Å². The fraction of sp³-hybridized carbons (Fsp3) is 0.417. The van der Waals surface area contributed by atoms with Crippen LogP contribution in [0.2, 0.25) is 0 Å². The van der Waals surface area contributed by atoms with Crippen LogP contribution in [-0.2, 0) is 4.74 Å². The molecule has 1 N–H and O–H groups in total. The highest BCUT2D eigenvalue weighted by Crippen LogP contribution is 2.38. The molecule has 0 atom stereocenters. The maximum absolute atomic E-state index is 11.7. The van der Waals surface area contributed by atoms with Crippen LogP contribution in [0.1, 0.15) is 40.6 Å². The van der Waals surface area contributed by atoms with Gasteiger partial charge in [0.15, 0.2) is 5.69 Å². The van der Waals surface area contributed by atoms with Gasteiger partial charge >= 0.3 is 5.97 Å². The Bertz CT molecular complexity index is 599. The van der Waals surface area contributed by atoms with Gasteiger partial charge in [-0.3, -0.25) is 0 Å². The standard InChI is InChI=1S/C12H13N3O2/c1-6-5-13-11-8(6)9(12(16)17-2)14-10(15-11)7-3-4-7/h5,7H,3-4H2,1-2H3,(H,13,14,15). The Balaban J connectivity index is 2.26. The first kappa shape index (κ1) is 10.3. The van der Waals surface area contributed by atoms with Crippen LogP contribution in [0.25, 0.3) is 11.0 Å². The van der Waals surface area contributed by atoms with Crippen molar-refractivity contribution in [1.29, 1.82) is 0 Å². The zero-order valence-electron chi connectivity index (χ0n) is 9.78. The third-order valence-corrected chi connectivity index (χ3v) is 3.07. The molecule has 2 aromatic heterocycles. The molecule has 1 aliphatic carbocycles. The summed E-state index contributed by atoms with van der Waals surface area (Å²) in [5.41, 5.74) is 2.06. The van der Waals surface area contributed by atoms with Crippen LogP contribution in [0.15, 0.2) is 6.20 Å². The van der Waals surface area contributed by atoms with Crippen molar-refractivity contribution in [3.8, 4) is 0 Å². The molecule has 88 valence electrons. The summed E-state index contributed by atoms with van der Waals surface area (Å²) in [5, 5.41) is 0.765. The van der Waals surface area contributed by atoms with Gasteiger partial charge in [0.05, 0.1) is 12.5 Å². The Kier molecular flexibility index (Phi) is 2.14. The number of esters is 1. The predicted octanol–water partition coefficient (Wildman–Crippen LogP) is 1.93. The number of hydrogen-bond acceptors (Lipinski definition) is 4. The Morgan fingerprint density at radius 2 is 2.24 bits per heavy atom. The molecular formula is C12H13N3O2. The van der Waals surface area contributed by atoms with Crippen LogP contribution in [0.4, 0.5) is 0 Å². The summed E-state index contributed by atoms with van der Waals surface area (Å²) >= 11 is 0. The number of carbonyl (C=O) groups is 1. The second kappa shape index (κ2) is 3.55. The Labute approximate surface area is 98.2 Å². The van der Waals surface area contributed by atoms with Crippen LogP contribution in [0.5, 0.6) is 0 Å². The molecule has 0 saturated heterocycles. The summed E-state index contributed by atoms with van der Waals surface area (Å²) in [7, 11) is 1.37. The average molecular weight is 231 g/mol. The SMILES string of the molecule is COC(=O)c1nc(C2CC2)nc2[nH]cc(C)c12. The minimum absolute atomic E-state index is 0.373. The van der Waals surface area contributed by atoms with Gasteiger partial charge in [0.2, 0.25) is 0 Å². The van der Waals surface area contributed by atoms with Crippen LogP contribution >= 0.6 is 0 Å². The minimum Gasteiger partial charge on any atom is -0.464 e. The van der Waals surface area contributed by atoms with E-state index in [4.69, 9.17) is 4.74 Å². The van der Waals surface area contributed by atoms with Crippen molar-refractivity contribution >= 4 is 17.0 Å². The topological polar surface area (TPSA) is 67.9 Å². The molecule has 1 saturated carbocycles. The number of fused-ring (bicyclic) bond motifs is 1. The van der Waals surface area contributed by atoms with Crippen LogP contribution in [0.3, 0.4) is 0 Å². The monoisotopic (exact) mass is 231 g/mol. The van der Waals surface area contributed by atoms with Crippen molar-refractivity contribution in [3.63, 3.8) is 0 Å². The number of H-pyrrole nitrogens is 1. The fourth-order valence-electron chi connectivity index (χ4n) is 1.97. The number of nitrogens with one attached hydrogen (secondary N) is 1. The number of aromatic nitrogens is 3. The first-order valence-electron chi connectivity index (χ1n) is 5.64. The van der Waals surface area contributed by atoms with Gasteiger partial charge in [-0.2, -0.15) is 0 Å². The number of ether oxygens (including phenoxy) is 1. The molecular weight excluding hydrogens is 218 g/mol. The van der Waals surface area contributed by atoms with E-state index in [9.17, 15) is 4.79 Å². The normalized spacial score (nSPS) is 15.2. The van der Waals surface area contributed by atoms with E-state index in [-0.39, 0.29) is 0 Å². The van der Waals surface area contributed by atoms with Crippen LogP contribution in [-0.4, -0.2) is 28.0 Å². The molecule has 5 heteroatoms. The van der Waals surface area contributed by atoms with Gasteiger partial charge in [-0.1, -0.05) is 0 Å². The van der Waals surface area contributed by atoms with Crippen molar-refractivity contribution in [3.05, 3.63) is 23.3 Å². The maximum Gasteiger partial charge on any atom is 0.357 e. The zero-order valence-corrected chi connectivity index (χ0v) is 9.78. The van der Waals surface area contributed by atoms with Gasteiger partial charge in [0.25, 0.3) is 0 Å². The first-order chi connectivity index (χ1) is 8.20. The molecule has 17 heavy (non-hydrogen) atoms. The lowest BCUT2D eigenvalue weighted by Crippen LogP contribution is -2.08.